The minimum atomic E-state index is -1.41. The van der Waals surface area contributed by atoms with E-state index in [9.17, 15) is 0 Å². The van der Waals surface area contributed by atoms with Gasteiger partial charge in [0.1, 0.15) is 0 Å². The van der Waals surface area contributed by atoms with Crippen molar-refractivity contribution >= 4 is 18.8 Å². The Morgan fingerprint density at radius 3 is 2.09 bits per heavy atom. The molecule has 4 rings (SSSR count). The van der Waals surface area contributed by atoms with Crippen LogP contribution >= 0.6 is 0 Å². The van der Waals surface area contributed by atoms with Crippen LogP contribution in [-0.4, -0.2) is 8.07 Å². The monoisotopic (exact) mass is 302 g/mol. The van der Waals surface area contributed by atoms with Gasteiger partial charge in [-0.25, -0.2) is 0 Å². The Bertz CT molecular complexity index is 691. The Morgan fingerprint density at radius 1 is 0.773 bits per heavy atom. The quantitative estimate of drug-likeness (QED) is 0.687. The third-order valence-corrected chi connectivity index (χ3v) is 11.0. The van der Waals surface area contributed by atoms with Crippen LogP contribution in [0.4, 0.5) is 0 Å². The van der Waals surface area contributed by atoms with Crippen molar-refractivity contribution in [2.45, 2.75) is 30.5 Å². The molecule has 22 heavy (non-hydrogen) atoms. The van der Waals surface area contributed by atoms with E-state index in [0.29, 0.717) is 5.54 Å². The lowest BCUT2D eigenvalue weighted by atomic mass is 10.1. The molecule has 1 atom stereocenters. The van der Waals surface area contributed by atoms with Crippen molar-refractivity contribution in [2.75, 3.05) is 0 Å². The number of benzene rings is 2. The summed E-state index contributed by atoms with van der Waals surface area (Å²) in [7, 11) is -1.41. The maximum absolute atomic E-state index is 2.56. The van der Waals surface area contributed by atoms with Crippen molar-refractivity contribution < 1.29 is 0 Å². The molecule has 2 aromatic rings. The summed E-state index contributed by atoms with van der Waals surface area (Å²) < 4.78 is 0. The molecule has 2 aliphatic rings. The number of hydrogen-bond acceptors (Lipinski definition) is 0. The van der Waals surface area contributed by atoms with Gasteiger partial charge in [0.2, 0.25) is 0 Å². The molecule has 0 nitrogen and oxygen atoms in total. The summed E-state index contributed by atoms with van der Waals surface area (Å²) >= 11 is 0. The largest absolute Gasteiger partial charge is 0.0972 e. The average Bonchev–Trinajstić information content (AvgIpc) is 3.27. The molecule has 0 N–H and O–H groups in total. The highest BCUT2D eigenvalue weighted by atomic mass is 28.3. The molecule has 1 fully saturated rings. The van der Waals surface area contributed by atoms with E-state index in [-0.39, 0.29) is 0 Å². The second kappa shape index (κ2) is 5.73. The lowest BCUT2D eigenvalue weighted by Crippen LogP contribution is -2.47. The molecule has 1 heterocycles. The van der Waals surface area contributed by atoms with Gasteiger partial charge in [0.25, 0.3) is 0 Å². The van der Waals surface area contributed by atoms with Crippen molar-refractivity contribution in [1.29, 1.82) is 0 Å². The van der Waals surface area contributed by atoms with E-state index in [2.05, 4.69) is 78.9 Å². The molecule has 1 aliphatic carbocycles. The second-order valence-corrected chi connectivity index (χ2v) is 11.2. The zero-order valence-electron chi connectivity index (χ0n) is 12.9. The summed E-state index contributed by atoms with van der Waals surface area (Å²) in [5.41, 5.74) is 3.45. The fraction of sp³-hybridized carbons (Fsp3) is 0.238. The Labute approximate surface area is 134 Å². The highest BCUT2D eigenvalue weighted by Gasteiger charge is 2.43. The molecular weight excluding hydrogens is 280 g/mol. The Balaban J connectivity index is 1.71. The first-order valence-electron chi connectivity index (χ1n) is 8.39. The van der Waals surface area contributed by atoms with Crippen LogP contribution in [0.3, 0.4) is 0 Å². The lowest BCUT2D eigenvalue weighted by Gasteiger charge is -2.32. The standard InChI is InChI=1S/C21H22Si/c1-3-9-18(10-4-1)19-13-14-21(17-19)22(15-7-8-16-22)20-11-5-2-6-12-20/h1-6,9-14,17,21H,7-8,15-16H2. The Hall–Kier alpha value is -1.86. The molecule has 2 aromatic carbocycles. The summed E-state index contributed by atoms with van der Waals surface area (Å²) in [6.07, 6.45) is 10.2. The minimum absolute atomic E-state index is 0.674. The van der Waals surface area contributed by atoms with E-state index < -0.39 is 8.07 Å². The number of hydrogen-bond donors (Lipinski definition) is 0. The van der Waals surface area contributed by atoms with Crippen LogP contribution in [0, 0.1) is 0 Å². The van der Waals surface area contributed by atoms with Crippen molar-refractivity contribution in [2.24, 2.45) is 0 Å². The predicted octanol–water partition coefficient (Wildman–Crippen LogP) is 5.16. The van der Waals surface area contributed by atoms with E-state index in [1.54, 1.807) is 5.19 Å². The van der Waals surface area contributed by atoms with Crippen molar-refractivity contribution in [3.63, 3.8) is 0 Å². The van der Waals surface area contributed by atoms with Crippen molar-refractivity contribution in [3.8, 4) is 0 Å². The average molecular weight is 302 g/mol. The van der Waals surface area contributed by atoms with Crippen molar-refractivity contribution in [3.05, 3.63) is 84.5 Å². The zero-order valence-corrected chi connectivity index (χ0v) is 13.9. The van der Waals surface area contributed by atoms with Gasteiger partial charge in [-0.05, 0) is 16.7 Å². The highest BCUT2D eigenvalue weighted by molar-refractivity contribution is 6.94. The summed E-state index contributed by atoms with van der Waals surface area (Å²) in [6.45, 7) is 0. The lowest BCUT2D eigenvalue weighted by molar-refractivity contribution is 0.935. The Morgan fingerprint density at radius 2 is 1.41 bits per heavy atom. The number of allylic oxidation sites excluding steroid dienone is 4. The fourth-order valence-electron chi connectivity index (χ4n) is 4.27. The van der Waals surface area contributed by atoms with E-state index >= 15 is 0 Å². The molecule has 1 aliphatic heterocycles. The summed E-state index contributed by atoms with van der Waals surface area (Å²) in [4.78, 5) is 0. The molecule has 0 amide bonds. The molecular formula is C21H22Si. The van der Waals surface area contributed by atoms with E-state index in [4.69, 9.17) is 0 Å². The third kappa shape index (κ3) is 2.30. The van der Waals surface area contributed by atoms with Crippen LogP contribution in [0.1, 0.15) is 18.4 Å². The SMILES string of the molecule is C1=CC([Si]2(c3ccccc3)CCCC2)C=C1c1ccccc1. The van der Waals surface area contributed by atoms with Gasteiger partial charge in [0.05, 0.1) is 8.07 Å². The zero-order chi connectivity index (χ0) is 14.8. The topological polar surface area (TPSA) is 0 Å². The van der Waals surface area contributed by atoms with Crippen LogP contribution < -0.4 is 5.19 Å². The second-order valence-electron chi connectivity index (χ2n) is 6.60. The predicted molar refractivity (Wildman–Crippen MR) is 98.0 cm³/mol. The molecule has 0 radical (unpaired) electrons. The maximum Gasteiger partial charge on any atom is 0.0972 e. The van der Waals surface area contributed by atoms with Crippen LogP contribution in [0.15, 0.2) is 78.9 Å². The van der Waals surface area contributed by atoms with Crippen LogP contribution in [0.5, 0.6) is 0 Å². The van der Waals surface area contributed by atoms with Gasteiger partial charge >= 0.3 is 0 Å². The third-order valence-electron chi connectivity index (χ3n) is 5.43. The summed E-state index contributed by atoms with van der Waals surface area (Å²) in [6, 6.07) is 25.1. The Kier molecular flexibility index (Phi) is 3.59. The summed E-state index contributed by atoms with van der Waals surface area (Å²) in [5.74, 6) is 0. The van der Waals surface area contributed by atoms with Gasteiger partial charge in [-0.2, -0.15) is 0 Å². The normalized spacial score (nSPS) is 22.7. The van der Waals surface area contributed by atoms with Gasteiger partial charge < -0.3 is 0 Å². The molecule has 0 aromatic heterocycles. The van der Waals surface area contributed by atoms with Crippen LogP contribution in [0.2, 0.25) is 17.6 Å². The molecule has 0 spiro atoms. The van der Waals surface area contributed by atoms with Gasteiger partial charge in [-0.3, -0.25) is 0 Å². The smallest absolute Gasteiger partial charge is 0.0793 e. The molecule has 1 unspecified atom stereocenters. The molecule has 0 saturated carbocycles. The molecule has 110 valence electrons. The first kappa shape index (κ1) is 13.8. The molecule has 1 saturated heterocycles. The maximum atomic E-state index is 2.56. The van der Waals surface area contributed by atoms with E-state index in [0.717, 1.165) is 0 Å². The summed E-state index contributed by atoms with van der Waals surface area (Å²) in [5, 5.41) is 1.66. The number of rotatable bonds is 3. The van der Waals surface area contributed by atoms with Gasteiger partial charge in [-0.15, -0.1) is 0 Å². The van der Waals surface area contributed by atoms with Crippen LogP contribution in [0.25, 0.3) is 5.57 Å². The highest BCUT2D eigenvalue weighted by Crippen LogP contribution is 2.44. The van der Waals surface area contributed by atoms with Gasteiger partial charge in [0, 0.05) is 0 Å². The first-order chi connectivity index (χ1) is 10.9. The van der Waals surface area contributed by atoms with Crippen LogP contribution in [-0.2, 0) is 0 Å². The first-order valence-corrected chi connectivity index (χ1v) is 10.9. The molecule has 1 heteroatoms. The van der Waals surface area contributed by atoms with Gasteiger partial charge in [-0.1, -0.05) is 109 Å². The minimum Gasteiger partial charge on any atom is -0.0793 e. The van der Waals surface area contributed by atoms with E-state index in [1.165, 1.54) is 36.1 Å². The van der Waals surface area contributed by atoms with Gasteiger partial charge in [0.15, 0.2) is 0 Å². The fourth-order valence-corrected chi connectivity index (χ4v) is 9.73. The van der Waals surface area contributed by atoms with E-state index in [1.807, 2.05) is 0 Å². The molecule has 0 bridgehead atoms. The van der Waals surface area contributed by atoms with Crippen molar-refractivity contribution in [1.82, 2.24) is 0 Å².